The molecule has 6 nitrogen and oxygen atoms in total. The molecule has 1 aliphatic rings. The second-order valence-corrected chi connectivity index (χ2v) is 5.09. The minimum absolute atomic E-state index is 0.0524. The normalized spacial score (nSPS) is 15.7. The molecule has 1 aliphatic heterocycles. The third-order valence-electron chi connectivity index (χ3n) is 3.58. The van der Waals surface area contributed by atoms with Crippen molar-refractivity contribution in [3.8, 4) is 5.75 Å². The maximum atomic E-state index is 12.5. The SMILES string of the molecule is Cc1ncc(CO)c(C=C2C=NN(c3ccccc3)C2=O)c1O. The highest BCUT2D eigenvalue weighted by Crippen LogP contribution is 2.28. The molecule has 2 aromatic rings. The van der Waals surface area contributed by atoms with E-state index in [4.69, 9.17) is 0 Å². The molecule has 6 heteroatoms. The highest BCUT2D eigenvalue weighted by molar-refractivity contribution is 6.25. The van der Waals surface area contributed by atoms with Gasteiger partial charge in [0.05, 0.1) is 29.8 Å². The number of hydrazone groups is 1. The van der Waals surface area contributed by atoms with Gasteiger partial charge in [-0.1, -0.05) is 18.2 Å². The minimum atomic E-state index is -0.297. The molecule has 116 valence electrons. The van der Waals surface area contributed by atoms with Gasteiger partial charge < -0.3 is 10.2 Å². The van der Waals surface area contributed by atoms with Crippen molar-refractivity contribution in [1.29, 1.82) is 0 Å². The van der Waals surface area contributed by atoms with Crippen molar-refractivity contribution in [2.24, 2.45) is 5.10 Å². The van der Waals surface area contributed by atoms with Gasteiger partial charge in [-0.05, 0) is 25.1 Å². The predicted octanol–water partition coefficient (Wildman–Crippen LogP) is 2.00. The van der Waals surface area contributed by atoms with E-state index in [1.807, 2.05) is 18.2 Å². The zero-order valence-electron chi connectivity index (χ0n) is 12.5. The molecule has 0 aliphatic carbocycles. The second kappa shape index (κ2) is 6.02. The zero-order valence-corrected chi connectivity index (χ0v) is 12.5. The van der Waals surface area contributed by atoms with Crippen LogP contribution in [0.4, 0.5) is 5.69 Å². The number of hydrogen-bond acceptors (Lipinski definition) is 5. The number of carbonyl (C=O) groups is 1. The molecule has 0 fully saturated rings. The van der Waals surface area contributed by atoms with E-state index in [-0.39, 0.29) is 18.3 Å². The molecule has 23 heavy (non-hydrogen) atoms. The minimum Gasteiger partial charge on any atom is -0.505 e. The molecule has 3 rings (SSSR count). The summed E-state index contributed by atoms with van der Waals surface area (Å²) in [6.45, 7) is 1.37. The lowest BCUT2D eigenvalue weighted by atomic mass is 10.0. The Morgan fingerprint density at radius 3 is 2.70 bits per heavy atom. The van der Waals surface area contributed by atoms with E-state index < -0.39 is 0 Å². The molecule has 0 bridgehead atoms. The van der Waals surface area contributed by atoms with Crippen LogP contribution < -0.4 is 5.01 Å². The number of aliphatic hydroxyl groups is 1. The number of aliphatic hydroxyl groups excluding tert-OH is 1. The second-order valence-electron chi connectivity index (χ2n) is 5.09. The number of amides is 1. The number of nitrogens with zero attached hydrogens (tertiary/aromatic N) is 3. The number of hydrogen-bond donors (Lipinski definition) is 2. The lowest BCUT2D eigenvalue weighted by Crippen LogP contribution is -2.20. The van der Waals surface area contributed by atoms with Crippen LogP contribution in [-0.2, 0) is 11.4 Å². The lowest BCUT2D eigenvalue weighted by molar-refractivity contribution is -0.114. The van der Waals surface area contributed by atoms with E-state index in [1.165, 1.54) is 23.5 Å². The van der Waals surface area contributed by atoms with Crippen LogP contribution in [0.2, 0.25) is 0 Å². The first-order valence-corrected chi connectivity index (χ1v) is 7.05. The molecule has 1 aromatic heterocycles. The standard InChI is InChI=1S/C17H15N3O3/c1-11-16(22)15(13(10-21)8-18-11)7-12-9-19-20(17(12)23)14-5-3-2-4-6-14/h2-9,21-22H,10H2,1H3. The monoisotopic (exact) mass is 309 g/mol. The summed E-state index contributed by atoms with van der Waals surface area (Å²) < 4.78 is 0. The van der Waals surface area contributed by atoms with E-state index in [0.29, 0.717) is 28.1 Å². The molecule has 1 aromatic carbocycles. The molecule has 0 saturated heterocycles. The molecular formula is C17H15N3O3. The Bertz CT molecular complexity index is 813. The van der Waals surface area contributed by atoms with Crippen LogP contribution in [0, 0.1) is 6.92 Å². The zero-order chi connectivity index (χ0) is 16.4. The van der Waals surface area contributed by atoms with Crippen LogP contribution in [0.5, 0.6) is 5.75 Å². The summed E-state index contributed by atoms with van der Waals surface area (Å²) in [5.41, 5.74) is 2.24. The number of aromatic hydroxyl groups is 1. The first-order valence-electron chi connectivity index (χ1n) is 7.05. The van der Waals surface area contributed by atoms with Gasteiger partial charge in [0.15, 0.2) is 0 Å². The molecule has 2 heterocycles. The first-order chi connectivity index (χ1) is 11.1. The van der Waals surface area contributed by atoms with Gasteiger partial charge in [0, 0.05) is 17.3 Å². The van der Waals surface area contributed by atoms with Crippen LogP contribution in [0.3, 0.4) is 0 Å². The molecule has 0 radical (unpaired) electrons. The number of pyridine rings is 1. The van der Waals surface area contributed by atoms with Gasteiger partial charge in [-0.2, -0.15) is 10.1 Å². The predicted molar refractivity (Wildman–Crippen MR) is 87.0 cm³/mol. The highest BCUT2D eigenvalue weighted by Gasteiger charge is 2.24. The molecule has 0 atom stereocenters. The molecule has 0 spiro atoms. The smallest absolute Gasteiger partial charge is 0.280 e. The van der Waals surface area contributed by atoms with Gasteiger partial charge in [-0.15, -0.1) is 0 Å². The molecule has 0 unspecified atom stereocenters. The van der Waals surface area contributed by atoms with Crippen LogP contribution in [0.15, 0.2) is 47.2 Å². The number of carbonyl (C=O) groups excluding carboxylic acids is 1. The topological polar surface area (TPSA) is 86.0 Å². The molecule has 1 amide bonds. The van der Waals surface area contributed by atoms with Crippen LogP contribution in [0.25, 0.3) is 6.08 Å². The van der Waals surface area contributed by atoms with Crippen molar-refractivity contribution in [1.82, 2.24) is 4.98 Å². The largest absolute Gasteiger partial charge is 0.505 e. The molecular weight excluding hydrogens is 294 g/mol. The summed E-state index contributed by atoms with van der Waals surface area (Å²) in [7, 11) is 0. The number of anilines is 1. The Labute approximate surface area is 133 Å². The Balaban J connectivity index is 1.99. The average Bonchev–Trinajstić information content (AvgIpc) is 2.94. The van der Waals surface area contributed by atoms with Crippen molar-refractivity contribution >= 4 is 23.9 Å². The van der Waals surface area contributed by atoms with Crippen LogP contribution in [0.1, 0.15) is 16.8 Å². The van der Waals surface area contributed by atoms with Crippen molar-refractivity contribution in [3.05, 3.63) is 58.9 Å². The van der Waals surface area contributed by atoms with Crippen molar-refractivity contribution in [2.45, 2.75) is 13.5 Å². The van der Waals surface area contributed by atoms with Gasteiger partial charge >= 0.3 is 0 Å². The quantitative estimate of drug-likeness (QED) is 0.849. The number of aryl methyl sites for hydroxylation is 1. The Kier molecular flexibility index (Phi) is 3.91. The summed E-state index contributed by atoms with van der Waals surface area (Å²) in [4.78, 5) is 16.5. The lowest BCUT2D eigenvalue weighted by Gasteiger charge is -2.12. The summed E-state index contributed by atoms with van der Waals surface area (Å²) in [5, 5.41) is 24.9. The van der Waals surface area contributed by atoms with E-state index in [2.05, 4.69) is 10.1 Å². The summed E-state index contributed by atoms with van der Waals surface area (Å²) in [5.74, 6) is -0.350. The van der Waals surface area contributed by atoms with Crippen LogP contribution >= 0.6 is 0 Å². The third-order valence-corrected chi connectivity index (χ3v) is 3.58. The van der Waals surface area contributed by atoms with Crippen molar-refractivity contribution in [2.75, 3.05) is 5.01 Å². The maximum Gasteiger partial charge on any atom is 0.280 e. The van der Waals surface area contributed by atoms with E-state index in [1.54, 1.807) is 19.1 Å². The van der Waals surface area contributed by atoms with Gasteiger partial charge in [0.1, 0.15) is 5.75 Å². The fraction of sp³-hybridized carbons (Fsp3) is 0.118. The summed E-state index contributed by atoms with van der Waals surface area (Å²) >= 11 is 0. The number of benzene rings is 1. The number of para-hydroxylation sites is 1. The van der Waals surface area contributed by atoms with Crippen molar-refractivity contribution < 1.29 is 15.0 Å². The number of rotatable bonds is 3. The van der Waals surface area contributed by atoms with Gasteiger partial charge in [0.2, 0.25) is 0 Å². The van der Waals surface area contributed by atoms with Gasteiger partial charge in [0.25, 0.3) is 5.91 Å². The van der Waals surface area contributed by atoms with Crippen LogP contribution in [-0.4, -0.2) is 27.3 Å². The maximum absolute atomic E-state index is 12.5. The molecule has 2 N–H and O–H groups in total. The third kappa shape index (κ3) is 2.72. The Morgan fingerprint density at radius 1 is 1.26 bits per heavy atom. The average molecular weight is 309 g/mol. The van der Waals surface area contributed by atoms with Gasteiger partial charge in [-0.3, -0.25) is 9.78 Å². The van der Waals surface area contributed by atoms with Crippen molar-refractivity contribution in [3.63, 3.8) is 0 Å². The van der Waals surface area contributed by atoms with E-state index in [9.17, 15) is 15.0 Å². The van der Waals surface area contributed by atoms with E-state index in [0.717, 1.165) is 0 Å². The first kappa shape index (κ1) is 14.9. The summed E-state index contributed by atoms with van der Waals surface area (Å²) in [6.07, 6.45) is 4.43. The Morgan fingerprint density at radius 2 is 2.00 bits per heavy atom. The fourth-order valence-corrected chi connectivity index (χ4v) is 2.30. The fourth-order valence-electron chi connectivity index (χ4n) is 2.30. The van der Waals surface area contributed by atoms with E-state index >= 15 is 0 Å². The molecule has 0 saturated carbocycles. The number of aromatic nitrogens is 1. The summed E-state index contributed by atoms with van der Waals surface area (Å²) in [6, 6.07) is 9.07. The Hall–Kier alpha value is -2.99. The van der Waals surface area contributed by atoms with Gasteiger partial charge in [-0.25, -0.2) is 0 Å². The highest BCUT2D eigenvalue weighted by atomic mass is 16.3.